The van der Waals surface area contributed by atoms with Gasteiger partial charge in [-0.05, 0) is 11.6 Å². The van der Waals surface area contributed by atoms with Crippen LogP contribution in [-0.2, 0) is 18.7 Å². The average molecular weight is 214 g/mol. The summed E-state index contributed by atoms with van der Waals surface area (Å²) in [6.07, 6.45) is 3.00. The highest BCUT2D eigenvalue weighted by molar-refractivity contribution is 7.33. The second-order valence-electron chi connectivity index (χ2n) is 2.33. The van der Waals surface area contributed by atoms with Gasteiger partial charge in [0, 0.05) is 0 Å². The average Bonchev–Trinajstić information content (AvgIpc) is 2.20. The maximum atomic E-state index is 10.8. The van der Waals surface area contributed by atoms with Gasteiger partial charge in [0.1, 0.15) is 0 Å². The van der Waals surface area contributed by atoms with Gasteiger partial charge in [-0.25, -0.2) is 9.45 Å². The van der Waals surface area contributed by atoms with Crippen molar-refractivity contribution in [1.82, 2.24) is 0 Å². The van der Waals surface area contributed by atoms with Crippen molar-refractivity contribution >= 4 is 14.3 Å². The van der Waals surface area contributed by atoms with Crippen LogP contribution in [0.1, 0.15) is 5.56 Å². The highest BCUT2D eigenvalue weighted by atomic mass is 31.1. The molecule has 14 heavy (non-hydrogen) atoms. The molecule has 1 aromatic carbocycles. The van der Waals surface area contributed by atoms with Crippen LogP contribution in [-0.4, -0.2) is 7.11 Å². The number of hydrogen-bond donors (Lipinski definition) is 0. The molecule has 0 bridgehead atoms. The number of rotatable bonds is 5. The molecule has 0 saturated heterocycles. The fourth-order valence-corrected chi connectivity index (χ4v) is 1.17. The van der Waals surface area contributed by atoms with Crippen LogP contribution >= 0.6 is 8.25 Å². The molecule has 76 valence electrons. The molecule has 1 aromatic rings. The molecule has 0 aliphatic heterocycles. The van der Waals surface area contributed by atoms with E-state index in [9.17, 15) is 4.57 Å². The van der Waals surface area contributed by atoms with Gasteiger partial charge in [0.05, 0.1) is 13.4 Å². The van der Waals surface area contributed by atoms with Gasteiger partial charge >= 0.3 is 8.25 Å². The Bertz CT molecular complexity index is 310. The molecular formula is C9H11O4P. The molecule has 0 amide bonds. The summed E-state index contributed by atoms with van der Waals surface area (Å²) in [6, 6.07) is 9.50. The van der Waals surface area contributed by atoms with Gasteiger partial charge in [-0.2, -0.15) is 0 Å². The lowest BCUT2D eigenvalue weighted by atomic mass is 10.2. The van der Waals surface area contributed by atoms with Crippen LogP contribution in [0.2, 0.25) is 0 Å². The van der Waals surface area contributed by atoms with Crippen LogP contribution in [0.3, 0.4) is 0 Å². The SMILES string of the molecule is COO[PH](=O)O/C=C/c1ccccc1. The van der Waals surface area contributed by atoms with Gasteiger partial charge in [0.2, 0.25) is 0 Å². The van der Waals surface area contributed by atoms with Crippen molar-refractivity contribution in [1.29, 1.82) is 0 Å². The Morgan fingerprint density at radius 2 is 2.00 bits per heavy atom. The van der Waals surface area contributed by atoms with Crippen LogP contribution in [0.15, 0.2) is 36.6 Å². The Hall–Kier alpha value is -1.09. The second-order valence-corrected chi connectivity index (χ2v) is 3.23. The van der Waals surface area contributed by atoms with Crippen molar-refractivity contribution in [3.8, 4) is 0 Å². The zero-order valence-electron chi connectivity index (χ0n) is 7.67. The van der Waals surface area contributed by atoms with Gasteiger partial charge in [0.15, 0.2) is 0 Å². The zero-order chi connectivity index (χ0) is 10.2. The lowest BCUT2D eigenvalue weighted by Crippen LogP contribution is -1.77. The van der Waals surface area contributed by atoms with E-state index >= 15 is 0 Å². The molecule has 0 aliphatic rings. The molecule has 0 aromatic heterocycles. The molecule has 1 unspecified atom stereocenters. The molecule has 0 N–H and O–H groups in total. The second kappa shape index (κ2) is 6.38. The minimum Gasteiger partial charge on any atom is -0.433 e. The largest absolute Gasteiger partial charge is 0.433 e. The fraction of sp³-hybridized carbons (Fsp3) is 0.111. The minimum atomic E-state index is -2.57. The van der Waals surface area contributed by atoms with E-state index in [2.05, 4.69) is 9.56 Å². The molecule has 0 saturated carbocycles. The predicted octanol–water partition coefficient (Wildman–Crippen LogP) is 2.64. The van der Waals surface area contributed by atoms with Crippen molar-refractivity contribution < 1.29 is 18.7 Å². The highest BCUT2D eigenvalue weighted by Gasteiger charge is 1.94. The summed E-state index contributed by atoms with van der Waals surface area (Å²) in [5.74, 6) is 0. The molecule has 1 rings (SSSR count). The number of hydrogen-bond acceptors (Lipinski definition) is 4. The Kier molecular flexibility index (Phi) is 5.00. The maximum absolute atomic E-state index is 10.8. The lowest BCUT2D eigenvalue weighted by molar-refractivity contribution is -0.179. The Morgan fingerprint density at radius 1 is 1.29 bits per heavy atom. The quantitative estimate of drug-likeness (QED) is 0.327. The molecule has 0 radical (unpaired) electrons. The summed E-state index contributed by atoms with van der Waals surface area (Å²) < 4.78 is 19.8. The van der Waals surface area contributed by atoms with E-state index in [4.69, 9.17) is 4.52 Å². The van der Waals surface area contributed by atoms with E-state index in [0.29, 0.717) is 0 Å². The minimum absolute atomic E-state index is 0.958. The van der Waals surface area contributed by atoms with E-state index in [1.807, 2.05) is 30.3 Å². The van der Waals surface area contributed by atoms with E-state index in [0.717, 1.165) is 5.56 Å². The molecular weight excluding hydrogens is 203 g/mol. The Morgan fingerprint density at radius 3 is 2.64 bits per heavy atom. The predicted molar refractivity (Wildman–Crippen MR) is 53.7 cm³/mol. The topological polar surface area (TPSA) is 44.8 Å². The third-order valence-electron chi connectivity index (χ3n) is 1.38. The molecule has 0 aliphatic carbocycles. The summed E-state index contributed by atoms with van der Waals surface area (Å²) in [7, 11) is -1.30. The van der Waals surface area contributed by atoms with Gasteiger partial charge in [0.25, 0.3) is 0 Å². The normalized spacial score (nSPS) is 12.9. The van der Waals surface area contributed by atoms with Crippen LogP contribution in [0.25, 0.3) is 6.08 Å². The molecule has 5 heteroatoms. The van der Waals surface area contributed by atoms with Crippen molar-refractivity contribution in [2.45, 2.75) is 0 Å². The van der Waals surface area contributed by atoms with Crippen molar-refractivity contribution in [2.24, 2.45) is 0 Å². The lowest BCUT2D eigenvalue weighted by Gasteiger charge is -1.98. The van der Waals surface area contributed by atoms with E-state index in [1.165, 1.54) is 13.4 Å². The molecule has 0 spiro atoms. The van der Waals surface area contributed by atoms with Gasteiger partial charge in [-0.1, -0.05) is 30.3 Å². The molecule has 0 fully saturated rings. The van der Waals surface area contributed by atoms with Gasteiger partial charge < -0.3 is 4.52 Å². The maximum Gasteiger partial charge on any atom is 0.394 e. The zero-order valence-corrected chi connectivity index (χ0v) is 8.67. The van der Waals surface area contributed by atoms with E-state index < -0.39 is 8.25 Å². The first kappa shape index (κ1) is 11.0. The van der Waals surface area contributed by atoms with Crippen molar-refractivity contribution in [3.05, 3.63) is 42.2 Å². The summed E-state index contributed by atoms with van der Waals surface area (Å²) >= 11 is 0. The highest BCUT2D eigenvalue weighted by Crippen LogP contribution is 2.23. The van der Waals surface area contributed by atoms with E-state index in [-0.39, 0.29) is 0 Å². The van der Waals surface area contributed by atoms with Crippen molar-refractivity contribution in [3.63, 3.8) is 0 Å². The third-order valence-corrected chi connectivity index (χ3v) is 2.01. The van der Waals surface area contributed by atoms with Gasteiger partial charge in [-0.15, -0.1) is 4.67 Å². The molecule has 0 heterocycles. The fourth-order valence-electron chi connectivity index (χ4n) is 0.820. The Balaban J connectivity index is 2.38. The van der Waals surface area contributed by atoms with Crippen LogP contribution in [0, 0.1) is 0 Å². The van der Waals surface area contributed by atoms with Crippen molar-refractivity contribution in [2.75, 3.05) is 7.11 Å². The van der Waals surface area contributed by atoms with Gasteiger partial charge in [-0.3, -0.25) is 0 Å². The standard InChI is InChI=1S/C9H11O4P/c1-11-13-14(10)12-8-7-9-5-3-2-4-6-9/h2-8,14H,1H3/b8-7+. The Labute approximate surface area is 83.0 Å². The monoisotopic (exact) mass is 214 g/mol. The first-order chi connectivity index (χ1) is 6.83. The summed E-state index contributed by atoms with van der Waals surface area (Å²) in [5, 5.41) is 0. The third kappa shape index (κ3) is 4.23. The first-order valence-corrected chi connectivity index (χ1v) is 5.18. The molecule has 4 nitrogen and oxygen atoms in total. The molecule has 1 atom stereocenters. The van der Waals surface area contributed by atoms with Crippen LogP contribution in [0.4, 0.5) is 0 Å². The summed E-state index contributed by atoms with van der Waals surface area (Å²) in [6.45, 7) is 0. The summed E-state index contributed by atoms with van der Waals surface area (Å²) in [5.41, 5.74) is 0.958. The van der Waals surface area contributed by atoms with Crippen LogP contribution < -0.4 is 0 Å². The first-order valence-electron chi connectivity index (χ1n) is 3.96. The number of benzene rings is 1. The smallest absolute Gasteiger partial charge is 0.394 e. The summed E-state index contributed by atoms with van der Waals surface area (Å²) in [4.78, 5) is 4.18. The van der Waals surface area contributed by atoms with Crippen LogP contribution in [0.5, 0.6) is 0 Å². The van der Waals surface area contributed by atoms with E-state index in [1.54, 1.807) is 6.08 Å².